The van der Waals surface area contributed by atoms with E-state index in [0.717, 1.165) is 34.7 Å². The number of aryl methyl sites for hydroxylation is 1. The summed E-state index contributed by atoms with van der Waals surface area (Å²) in [5, 5.41) is 0. The summed E-state index contributed by atoms with van der Waals surface area (Å²) in [6, 6.07) is 16.2. The SMILES string of the molecule is CCOCCn1c(C2CC(=O)N(c3ccccc3C)C2)nc2ccccc21. The number of carbonyl (C=O) groups excluding carboxylic acids is 1. The predicted octanol–water partition coefficient (Wildman–Crippen LogP) is 3.90. The average molecular weight is 363 g/mol. The van der Waals surface area contributed by atoms with Gasteiger partial charge in [0, 0.05) is 37.7 Å². The number of benzene rings is 2. The first-order chi connectivity index (χ1) is 13.2. The second-order valence-corrected chi connectivity index (χ2v) is 7.00. The third-order valence-corrected chi connectivity index (χ3v) is 5.24. The molecule has 2 heterocycles. The Morgan fingerprint density at radius 2 is 1.93 bits per heavy atom. The molecule has 1 aliphatic heterocycles. The number of hydrogen-bond donors (Lipinski definition) is 0. The van der Waals surface area contributed by atoms with Crippen LogP contribution in [-0.2, 0) is 16.1 Å². The molecule has 0 radical (unpaired) electrons. The summed E-state index contributed by atoms with van der Waals surface area (Å²) in [5.41, 5.74) is 4.21. The number of aromatic nitrogens is 2. The molecule has 4 rings (SSSR count). The molecule has 0 saturated carbocycles. The fourth-order valence-electron chi connectivity index (χ4n) is 3.92. The van der Waals surface area contributed by atoms with E-state index < -0.39 is 0 Å². The van der Waals surface area contributed by atoms with Crippen LogP contribution in [0.5, 0.6) is 0 Å². The van der Waals surface area contributed by atoms with Crippen molar-refractivity contribution >= 4 is 22.6 Å². The molecule has 5 heteroatoms. The summed E-state index contributed by atoms with van der Waals surface area (Å²) >= 11 is 0. The zero-order valence-corrected chi connectivity index (χ0v) is 15.9. The molecule has 1 aromatic heterocycles. The smallest absolute Gasteiger partial charge is 0.227 e. The van der Waals surface area contributed by atoms with Crippen molar-refractivity contribution < 1.29 is 9.53 Å². The number of nitrogens with zero attached hydrogens (tertiary/aromatic N) is 3. The van der Waals surface area contributed by atoms with Crippen molar-refractivity contribution in [1.82, 2.24) is 9.55 Å². The fraction of sp³-hybridized carbons (Fsp3) is 0.364. The van der Waals surface area contributed by atoms with Gasteiger partial charge in [-0.05, 0) is 37.6 Å². The van der Waals surface area contributed by atoms with Crippen LogP contribution < -0.4 is 4.90 Å². The molecule has 1 atom stereocenters. The minimum Gasteiger partial charge on any atom is -0.380 e. The van der Waals surface area contributed by atoms with Crippen LogP contribution in [0.2, 0.25) is 0 Å². The van der Waals surface area contributed by atoms with Crippen LogP contribution >= 0.6 is 0 Å². The van der Waals surface area contributed by atoms with Crippen LogP contribution in [0, 0.1) is 6.92 Å². The lowest BCUT2D eigenvalue weighted by molar-refractivity contribution is -0.117. The van der Waals surface area contributed by atoms with E-state index >= 15 is 0 Å². The van der Waals surface area contributed by atoms with Gasteiger partial charge < -0.3 is 14.2 Å². The van der Waals surface area contributed by atoms with E-state index in [-0.39, 0.29) is 11.8 Å². The maximum absolute atomic E-state index is 12.8. The van der Waals surface area contributed by atoms with Gasteiger partial charge in [0.1, 0.15) is 5.82 Å². The number of anilines is 1. The largest absolute Gasteiger partial charge is 0.380 e. The van der Waals surface area contributed by atoms with Gasteiger partial charge >= 0.3 is 0 Å². The molecule has 27 heavy (non-hydrogen) atoms. The monoisotopic (exact) mass is 363 g/mol. The topological polar surface area (TPSA) is 47.4 Å². The number of ether oxygens (including phenoxy) is 1. The molecule has 140 valence electrons. The molecular weight excluding hydrogens is 338 g/mol. The van der Waals surface area contributed by atoms with Crippen LogP contribution in [0.4, 0.5) is 5.69 Å². The Morgan fingerprint density at radius 3 is 2.74 bits per heavy atom. The van der Waals surface area contributed by atoms with Gasteiger partial charge in [0.25, 0.3) is 0 Å². The summed E-state index contributed by atoms with van der Waals surface area (Å²) in [6.45, 7) is 6.81. The van der Waals surface area contributed by atoms with Crippen molar-refractivity contribution in [3.63, 3.8) is 0 Å². The number of fused-ring (bicyclic) bond motifs is 1. The second kappa shape index (κ2) is 7.53. The third-order valence-electron chi connectivity index (χ3n) is 5.24. The first-order valence-corrected chi connectivity index (χ1v) is 9.58. The average Bonchev–Trinajstić information content (AvgIpc) is 3.23. The Hall–Kier alpha value is -2.66. The van der Waals surface area contributed by atoms with Crippen molar-refractivity contribution in [2.45, 2.75) is 32.7 Å². The number of imidazole rings is 1. The molecule has 1 fully saturated rings. The highest BCUT2D eigenvalue weighted by Crippen LogP contribution is 2.34. The lowest BCUT2D eigenvalue weighted by Gasteiger charge is -2.19. The van der Waals surface area contributed by atoms with E-state index in [2.05, 4.69) is 10.6 Å². The standard InChI is InChI=1S/C22H25N3O2/c1-3-27-13-12-24-20-11-7-5-9-18(20)23-22(24)17-14-21(26)25(15-17)19-10-6-4-8-16(19)2/h4-11,17H,3,12-15H2,1-2H3. The quantitative estimate of drug-likeness (QED) is 0.624. The fourth-order valence-corrected chi connectivity index (χ4v) is 3.92. The highest BCUT2D eigenvalue weighted by atomic mass is 16.5. The molecule has 1 aliphatic rings. The first-order valence-electron chi connectivity index (χ1n) is 9.58. The molecule has 1 amide bonds. The summed E-state index contributed by atoms with van der Waals surface area (Å²) in [7, 11) is 0. The Balaban J connectivity index is 1.67. The molecule has 5 nitrogen and oxygen atoms in total. The molecule has 1 unspecified atom stereocenters. The Kier molecular flexibility index (Phi) is 4.94. The van der Waals surface area contributed by atoms with Gasteiger partial charge in [-0.25, -0.2) is 4.98 Å². The van der Waals surface area contributed by atoms with Crippen molar-refractivity contribution in [3.05, 3.63) is 59.9 Å². The number of hydrogen-bond acceptors (Lipinski definition) is 3. The lowest BCUT2D eigenvalue weighted by Crippen LogP contribution is -2.25. The highest BCUT2D eigenvalue weighted by molar-refractivity contribution is 5.97. The summed E-state index contributed by atoms with van der Waals surface area (Å²) in [5.74, 6) is 1.24. The van der Waals surface area contributed by atoms with Gasteiger partial charge in [-0.2, -0.15) is 0 Å². The molecular formula is C22H25N3O2. The normalized spacial score (nSPS) is 17.2. The predicted molar refractivity (Wildman–Crippen MR) is 107 cm³/mol. The van der Waals surface area contributed by atoms with Crippen LogP contribution in [0.3, 0.4) is 0 Å². The zero-order chi connectivity index (χ0) is 18.8. The van der Waals surface area contributed by atoms with Crippen molar-refractivity contribution in [1.29, 1.82) is 0 Å². The molecule has 0 bridgehead atoms. The maximum atomic E-state index is 12.8. The molecule has 3 aromatic rings. The van der Waals surface area contributed by atoms with Crippen LogP contribution in [0.1, 0.15) is 30.7 Å². The number of amides is 1. The van der Waals surface area contributed by atoms with Gasteiger partial charge in [-0.3, -0.25) is 4.79 Å². The van der Waals surface area contributed by atoms with Gasteiger partial charge in [-0.1, -0.05) is 30.3 Å². The number of rotatable bonds is 6. The number of carbonyl (C=O) groups is 1. The van der Waals surface area contributed by atoms with E-state index in [1.807, 2.05) is 61.2 Å². The summed E-state index contributed by atoms with van der Waals surface area (Å²) < 4.78 is 7.80. The Morgan fingerprint density at radius 1 is 1.15 bits per heavy atom. The molecule has 2 aromatic carbocycles. The first kappa shape index (κ1) is 17.7. The maximum Gasteiger partial charge on any atom is 0.227 e. The van der Waals surface area contributed by atoms with Crippen LogP contribution in [0.25, 0.3) is 11.0 Å². The van der Waals surface area contributed by atoms with Gasteiger partial charge in [0.05, 0.1) is 17.6 Å². The molecule has 1 saturated heterocycles. The van der Waals surface area contributed by atoms with Gasteiger partial charge in [-0.15, -0.1) is 0 Å². The minimum atomic E-state index is 0.0890. The highest BCUT2D eigenvalue weighted by Gasteiger charge is 2.35. The van der Waals surface area contributed by atoms with E-state index in [1.54, 1.807) is 0 Å². The molecule has 0 spiro atoms. The van der Waals surface area contributed by atoms with Crippen molar-refractivity contribution in [2.75, 3.05) is 24.7 Å². The summed E-state index contributed by atoms with van der Waals surface area (Å²) in [4.78, 5) is 19.6. The van der Waals surface area contributed by atoms with Crippen molar-refractivity contribution in [2.24, 2.45) is 0 Å². The molecule has 0 aliphatic carbocycles. The van der Waals surface area contributed by atoms with E-state index in [0.29, 0.717) is 26.2 Å². The zero-order valence-electron chi connectivity index (χ0n) is 15.9. The Bertz CT molecular complexity index is 963. The molecule has 0 N–H and O–H groups in total. The van der Waals surface area contributed by atoms with Gasteiger partial charge in [0.15, 0.2) is 0 Å². The van der Waals surface area contributed by atoms with E-state index in [4.69, 9.17) is 9.72 Å². The van der Waals surface area contributed by atoms with E-state index in [9.17, 15) is 4.79 Å². The lowest BCUT2D eigenvalue weighted by atomic mass is 10.1. The number of para-hydroxylation sites is 3. The Labute approximate surface area is 159 Å². The van der Waals surface area contributed by atoms with E-state index in [1.165, 1.54) is 0 Å². The minimum absolute atomic E-state index is 0.0890. The third kappa shape index (κ3) is 3.35. The second-order valence-electron chi connectivity index (χ2n) is 7.00. The van der Waals surface area contributed by atoms with Crippen LogP contribution in [-0.4, -0.2) is 35.2 Å². The van der Waals surface area contributed by atoms with Crippen molar-refractivity contribution in [3.8, 4) is 0 Å². The summed E-state index contributed by atoms with van der Waals surface area (Å²) in [6.07, 6.45) is 0.492. The van der Waals surface area contributed by atoms with Crippen LogP contribution in [0.15, 0.2) is 48.5 Å². The van der Waals surface area contributed by atoms with Gasteiger partial charge in [0.2, 0.25) is 5.91 Å².